The van der Waals surface area contributed by atoms with Crippen LogP contribution in [0.3, 0.4) is 0 Å². The van der Waals surface area contributed by atoms with E-state index < -0.39 is 5.41 Å². The Morgan fingerprint density at radius 3 is 2.33 bits per heavy atom. The molecule has 2 aliphatic rings. The molecule has 1 saturated heterocycles. The third-order valence-corrected chi connectivity index (χ3v) is 6.85. The molecule has 2 aromatic carbocycles. The zero-order valence-corrected chi connectivity index (χ0v) is 18.1. The van der Waals surface area contributed by atoms with Crippen molar-refractivity contribution < 1.29 is 9.59 Å². The molecule has 1 saturated carbocycles. The third-order valence-electron chi connectivity index (χ3n) is 6.85. The van der Waals surface area contributed by atoms with Gasteiger partial charge in [-0.25, -0.2) is 0 Å². The van der Waals surface area contributed by atoms with Crippen molar-refractivity contribution in [2.75, 3.05) is 19.6 Å². The lowest BCUT2D eigenvalue weighted by molar-refractivity contribution is -0.141. The molecular formula is C26H32N2O2. The Bertz CT molecular complexity index is 900. The van der Waals surface area contributed by atoms with Gasteiger partial charge in [0.2, 0.25) is 11.8 Å². The van der Waals surface area contributed by atoms with E-state index in [0.29, 0.717) is 32.0 Å². The smallest absolute Gasteiger partial charge is 0.226 e. The molecule has 4 nitrogen and oxygen atoms in total. The molecular weight excluding hydrogens is 372 g/mol. The zero-order valence-electron chi connectivity index (χ0n) is 18.1. The van der Waals surface area contributed by atoms with E-state index in [1.54, 1.807) is 0 Å². The van der Waals surface area contributed by atoms with Crippen molar-refractivity contribution in [3.05, 3.63) is 60.2 Å². The van der Waals surface area contributed by atoms with Crippen LogP contribution in [0, 0.1) is 17.3 Å². The monoisotopic (exact) mass is 404 g/mol. The molecule has 0 aromatic heterocycles. The molecule has 2 fully saturated rings. The predicted molar refractivity (Wildman–Crippen MR) is 120 cm³/mol. The zero-order chi connectivity index (χ0) is 21.1. The lowest BCUT2D eigenvalue weighted by Crippen LogP contribution is -2.51. The summed E-state index contributed by atoms with van der Waals surface area (Å²) in [5, 5.41) is 3.07. The predicted octanol–water partition coefficient (Wildman–Crippen LogP) is 4.30. The van der Waals surface area contributed by atoms with Gasteiger partial charge < -0.3 is 10.2 Å². The van der Waals surface area contributed by atoms with Crippen LogP contribution >= 0.6 is 0 Å². The summed E-state index contributed by atoms with van der Waals surface area (Å²) in [6.45, 7) is 6.10. The third kappa shape index (κ3) is 4.28. The quantitative estimate of drug-likeness (QED) is 0.780. The van der Waals surface area contributed by atoms with E-state index in [9.17, 15) is 9.59 Å². The van der Waals surface area contributed by atoms with Gasteiger partial charge in [-0.2, -0.15) is 0 Å². The van der Waals surface area contributed by atoms with Crippen molar-refractivity contribution in [3.63, 3.8) is 0 Å². The molecule has 2 unspecified atom stereocenters. The highest BCUT2D eigenvalue weighted by Crippen LogP contribution is 2.42. The summed E-state index contributed by atoms with van der Waals surface area (Å²) in [7, 11) is 0. The summed E-state index contributed by atoms with van der Waals surface area (Å²) in [6.07, 6.45) is 3.17. The lowest BCUT2D eigenvalue weighted by Gasteiger charge is -2.41. The average molecular weight is 405 g/mol. The highest BCUT2D eigenvalue weighted by molar-refractivity contribution is 5.85. The van der Waals surface area contributed by atoms with Crippen LogP contribution in [0.2, 0.25) is 0 Å². The van der Waals surface area contributed by atoms with Gasteiger partial charge in [-0.05, 0) is 55.2 Å². The van der Waals surface area contributed by atoms with E-state index in [-0.39, 0.29) is 17.7 Å². The Labute approximate surface area is 179 Å². The molecule has 30 heavy (non-hydrogen) atoms. The fourth-order valence-electron chi connectivity index (χ4n) is 4.77. The second kappa shape index (κ2) is 8.63. The van der Waals surface area contributed by atoms with Gasteiger partial charge in [0.05, 0.1) is 5.41 Å². The lowest BCUT2D eigenvalue weighted by atomic mass is 9.72. The minimum atomic E-state index is -0.447. The Morgan fingerprint density at radius 2 is 1.70 bits per heavy atom. The van der Waals surface area contributed by atoms with Crippen molar-refractivity contribution in [1.29, 1.82) is 0 Å². The first-order valence-electron chi connectivity index (χ1n) is 11.2. The van der Waals surface area contributed by atoms with E-state index in [2.05, 4.69) is 48.6 Å². The van der Waals surface area contributed by atoms with Crippen LogP contribution in [0.5, 0.6) is 0 Å². The van der Waals surface area contributed by atoms with Gasteiger partial charge in [-0.15, -0.1) is 0 Å². The molecule has 1 heterocycles. The van der Waals surface area contributed by atoms with E-state index in [1.165, 1.54) is 16.7 Å². The first-order chi connectivity index (χ1) is 14.5. The van der Waals surface area contributed by atoms with Crippen LogP contribution in [0.1, 0.15) is 38.7 Å². The summed E-state index contributed by atoms with van der Waals surface area (Å²) in [6, 6.07) is 18.9. The molecule has 1 aliphatic heterocycles. The topological polar surface area (TPSA) is 49.4 Å². The van der Waals surface area contributed by atoms with Gasteiger partial charge in [-0.1, -0.05) is 61.5 Å². The summed E-state index contributed by atoms with van der Waals surface area (Å²) in [5.74, 6) is 1.15. The Balaban J connectivity index is 1.52. The molecule has 158 valence electrons. The molecule has 4 rings (SSSR count). The number of hydrogen-bond donors (Lipinski definition) is 1. The highest BCUT2D eigenvalue weighted by atomic mass is 16.2. The standard InChI is InChI=1S/C26H32N2O2/c1-3-27-25(30)26(12-14-28(15-13-26)24(29)23-16-19(23)2)18-20-8-7-11-22(17-20)21-9-5-4-6-10-21/h4-11,17,19,23H,3,12-16,18H2,1-2H3,(H,27,30). The van der Waals surface area contributed by atoms with Crippen LogP contribution < -0.4 is 5.32 Å². The van der Waals surface area contributed by atoms with Crippen molar-refractivity contribution in [3.8, 4) is 11.1 Å². The Kier molecular flexibility index (Phi) is 5.94. The minimum Gasteiger partial charge on any atom is -0.356 e. The second-order valence-electron chi connectivity index (χ2n) is 9.03. The minimum absolute atomic E-state index is 0.127. The maximum absolute atomic E-state index is 13.1. The van der Waals surface area contributed by atoms with Crippen LogP contribution in [0.15, 0.2) is 54.6 Å². The fourth-order valence-corrected chi connectivity index (χ4v) is 4.77. The molecule has 1 aliphatic carbocycles. The van der Waals surface area contributed by atoms with E-state index in [0.717, 1.165) is 19.3 Å². The van der Waals surface area contributed by atoms with Crippen molar-refractivity contribution in [2.24, 2.45) is 17.3 Å². The fraction of sp³-hybridized carbons (Fsp3) is 0.462. The molecule has 0 bridgehead atoms. The number of carbonyl (C=O) groups excluding carboxylic acids is 2. The molecule has 1 N–H and O–H groups in total. The Morgan fingerprint density at radius 1 is 1.03 bits per heavy atom. The van der Waals surface area contributed by atoms with Gasteiger partial charge >= 0.3 is 0 Å². The number of likely N-dealkylation sites (tertiary alicyclic amines) is 1. The number of nitrogens with one attached hydrogen (secondary N) is 1. The maximum atomic E-state index is 13.1. The number of benzene rings is 2. The summed E-state index contributed by atoms with van der Waals surface area (Å²) >= 11 is 0. The normalized spacial score (nSPS) is 22.4. The van der Waals surface area contributed by atoms with Crippen LogP contribution in [0.4, 0.5) is 0 Å². The van der Waals surface area contributed by atoms with Gasteiger partial charge in [0, 0.05) is 25.6 Å². The molecule has 2 amide bonds. The van der Waals surface area contributed by atoms with Crippen LogP contribution in [-0.2, 0) is 16.0 Å². The summed E-state index contributed by atoms with van der Waals surface area (Å²) < 4.78 is 0. The number of rotatable bonds is 6. The maximum Gasteiger partial charge on any atom is 0.226 e. The first kappa shape index (κ1) is 20.6. The number of nitrogens with zero attached hydrogens (tertiary/aromatic N) is 1. The van der Waals surface area contributed by atoms with Gasteiger partial charge in [0.15, 0.2) is 0 Å². The number of piperidine rings is 1. The molecule has 2 aromatic rings. The van der Waals surface area contributed by atoms with Crippen molar-refractivity contribution >= 4 is 11.8 Å². The largest absolute Gasteiger partial charge is 0.356 e. The molecule has 4 heteroatoms. The molecule has 0 radical (unpaired) electrons. The van der Waals surface area contributed by atoms with Gasteiger partial charge in [0.25, 0.3) is 0 Å². The average Bonchev–Trinajstić information content (AvgIpc) is 3.51. The van der Waals surface area contributed by atoms with Crippen LogP contribution in [-0.4, -0.2) is 36.3 Å². The molecule has 2 atom stereocenters. The van der Waals surface area contributed by atoms with Crippen molar-refractivity contribution in [1.82, 2.24) is 10.2 Å². The second-order valence-corrected chi connectivity index (χ2v) is 9.03. The number of carbonyl (C=O) groups is 2. The Hall–Kier alpha value is -2.62. The first-order valence-corrected chi connectivity index (χ1v) is 11.2. The number of hydrogen-bond acceptors (Lipinski definition) is 2. The van der Waals surface area contributed by atoms with E-state index in [4.69, 9.17) is 0 Å². The molecule has 0 spiro atoms. The van der Waals surface area contributed by atoms with Gasteiger partial charge in [0.1, 0.15) is 0 Å². The summed E-state index contributed by atoms with van der Waals surface area (Å²) in [5.41, 5.74) is 3.09. The van der Waals surface area contributed by atoms with E-state index >= 15 is 0 Å². The SMILES string of the molecule is CCNC(=O)C1(Cc2cccc(-c3ccccc3)c2)CCN(C(=O)C2CC2C)CC1. The van der Waals surface area contributed by atoms with Gasteiger partial charge in [-0.3, -0.25) is 9.59 Å². The van der Waals surface area contributed by atoms with E-state index in [1.807, 2.05) is 30.0 Å². The van der Waals surface area contributed by atoms with Crippen LogP contribution in [0.25, 0.3) is 11.1 Å². The number of amides is 2. The highest BCUT2D eigenvalue weighted by Gasteiger charge is 2.46. The van der Waals surface area contributed by atoms with Crippen molar-refractivity contribution in [2.45, 2.75) is 39.5 Å². The summed E-state index contributed by atoms with van der Waals surface area (Å²) in [4.78, 5) is 27.8.